The summed E-state index contributed by atoms with van der Waals surface area (Å²) in [5, 5.41) is 4.12. The first-order chi connectivity index (χ1) is 11.3. The molecule has 0 unspecified atom stereocenters. The Bertz CT molecular complexity index is 659. The molecule has 0 saturated heterocycles. The first-order valence-corrected chi connectivity index (χ1v) is 8.92. The van der Waals surface area contributed by atoms with E-state index in [-0.39, 0.29) is 11.8 Å². The van der Waals surface area contributed by atoms with Crippen LogP contribution in [0.15, 0.2) is 36.5 Å². The second kappa shape index (κ2) is 7.58. The van der Waals surface area contributed by atoms with Gasteiger partial charge >= 0.3 is 0 Å². The number of amides is 1. The highest BCUT2D eigenvalue weighted by molar-refractivity contribution is 5.94. The molecule has 1 fully saturated rings. The average molecular weight is 310 g/mol. The van der Waals surface area contributed by atoms with Crippen molar-refractivity contribution in [2.24, 2.45) is 11.8 Å². The molecule has 1 amide bonds. The van der Waals surface area contributed by atoms with Gasteiger partial charge in [0.1, 0.15) is 0 Å². The Hall–Kier alpha value is -1.90. The molecule has 0 spiro atoms. The van der Waals surface area contributed by atoms with E-state index in [0.717, 1.165) is 35.3 Å². The van der Waals surface area contributed by atoms with Gasteiger partial charge in [-0.2, -0.15) is 0 Å². The number of pyridine rings is 1. The summed E-state index contributed by atoms with van der Waals surface area (Å²) in [5.41, 5.74) is 1.77. The van der Waals surface area contributed by atoms with Gasteiger partial charge in [-0.15, -0.1) is 0 Å². The molecule has 3 rings (SSSR count). The van der Waals surface area contributed by atoms with Crippen LogP contribution >= 0.6 is 0 Å². The molecule has 1 aromatic heterocycles. The molecule has 0 atom stereocenters. The van der Waals surface area contributed by atoms with E-state index in [1.165, 1.54) is 32.1 Å². The summed E-state index contributed by atoms with van der Waals surface area (Å²) >= 11 is 0. The van der Waals surface area contributed by atoms with Gasteiger partial charge in [-0.05, 0) is 43.7 Å². The number of benzene rings is 1. The van der Waals surface area contributed by atoms with Crippen molar-refractivity contribution in [3.8, 4) is 0 Å². The Morgan fingerprint density at radius 3 is 2.78 bits per heavy atom. The summed E-state index contributed by atoms with van der Waals surface area (Å²) in [6, 6.07) is 9.99. The molecule has 1 N–H and O–H groups in total. The molecular formula is C20H26N2O. The summed E-state index contributed by atoms with van der Waals surface area (Å²) in [6.07, 6.45) is 10.1. The fourth-order valence-corrected chi connectivity index (χ4v) is 3.59. The zero-order valence-electron chi connectivity index (χ0n) is 13.9. The van der Waals surface area contributed by atoms with E-state index in [0.29, 0.717) is 0 Å². The van der Waals surface area contributed by atoms with Crippen LogP contribution in [0.2, 0.25) is 0 Å². The maximum atomic E-state index is 12.5. The Morgan fingerprint density at radius 1 is 1.22 bits per heavy atom. The van der Waals surface area contributed by atoms with Crippen molar-refractivity contribution in [1.29, 1.82) is 0 Å². The molecule has 0 aliphatic heterocycles. The number of hydrogen-bond donors (Lipinski definition) is 1. The molecule has 1 aliphatic rings. The molecule has 2 aromatic rings. The highest BCUT2D eigenvalue weighted by Crippen LogP contribution is 2.32. The number of carbonyl (C=O) groups excluding carboxylic acids is 1. The molecule has 3 heteroatoms. The molecule has 0 bridgehead atoms. The van der Waals surface area contributed by atoms with Gasteiger partial charge < -0.3 is 5.32 Å². The topological polar surface area (TPSA) is 42.0 Å². The predicted octanol–water partition coefficient (Wildman–Crippen LogP) is 5.17. The normalized spacial score (nSPS) is 21.3. The van der Waals surface area contributed by atoms with Crippen LogP contribution in [-0.2, 0) is 4.79 Å². The Balaban J connectivity index is 1.56. The number of anilines is 1. The molecule has 1 aliphatic carbocycles. The summed E-state index contributed by atoms with van der Waals surface area (Å²) in [4.78, 5) is 16.9. The Morgan fingerprint density at radius 2 is 2.00 bits per heavy atom. The Kier molecular flexibility index (Phi) is 5.27. The standard InChI is InChI=1S/C20H26N2O/c1-2-3-6-15-9-11-16(12-10-15)20(23)22-18-13-17-7-4-5-8-19(17)21-14-18/h4-5,7-8,13-16H,2-3,6,9-12H2,1H3,(H,22,23). The van der Waals surface area contributed by atoms with Crippen LogP contribution in [0.5, 0.6) is 0 Å². The van der Waals surface area contributed by atoms with E-state index in [4.69, 9.17) is 0 Å². The zero-order chi connectivity index (χ0) is 16.1. The molecule has 122 valence electrons. The van der Waals surface area contributed by atoms with Gasteiger partial charge in [0.25, 0.3) is 0 Å². The van der Waals surface area contributed by atoms with E-state index in [1.54, 1.807) is 6.20 Å². The molecule has 1 aromatic carbocycles. The van der Waals surface area contributed by atoms with Crippen molar-refractivity contribution in [1.82, 2.24) is 4.98 Å². The number of aromatic nitrogens is 1. The number of fused-ring (bicyclic) bond motifs is 1. The first-order valence-electron chi connectivity index (χ1n) is 8.92. The van der Waals surface area contributed by atoms with Crippen molar-refractivity contribution >= 4 is 22.5 Å². The van der Waals surface area contributed by atoms with E-state index in [9.17, 15) is 4.79 Å². The summed E-state index contributed by atoms with van der Waals surface area (Å²) in [7, 11) is 0. The van der Waals surface area contributed by atoms with Gasteiger partial charge in [-0.1, -0.05) is 44.4 Å². The van der Waals surface area contributed by atoms with Crippen molar-refractivity contribution in [2.45, 2.75) is 51.9 Å². The fourth-order valence-electron chi connectivity index (χ4n) is 3.59. The second-order valence-electron chi connectivity index (χ2n) is 6.77. The fraction of sp³-hybridized carbons (Fsp3) is 0.500. The van der Waals surface area contributed by atoms with Gasteiger partial charge in [0, 0.05) is 11.3 Å². The van der Waals surface area contributed by atoms with Gasteiger partial charge in [-0.3, -0.25) is 9.78 Å². The second-order valence-corrected chi connectivity index (χ2v) is 6.77. The minimum absolute atomic E-state index is 0.163. The lowest BCUT2D eigenvalue weighted by Crippen LogP contribution is -2.27. The number of unbranched alkanes of at least 4 members (excludes halogenated alkanes) is 1. The van der Waals surface area contributed by atoms with Crippen LogP contribution in [0.25, 0.3) is 10.9 Å². The molecule has 1 heterocycles. The van der Waals surface area contributed by atoms with Gasteiger partial charge in [0.05, 0.1) is 17.4 Å². The van der Waals surface area contributed by atoms with Crippen LogP contribution in [0, 0.1) is 11.8 Å². The first kappa shape index (κ1) is 16.0. The third-order valence-electron chi connectivity index (χ3n) is 5.04. The largest absolute Gasteiger partial charge is 0.324 e. The van der Waals surface area contributed by atoms with Crippen LogP contribution in [0.4, 0.5) is 5.69 Å². The number of rotatable bonds is 5. The van der Waals surface area contributed by atoms with Crippen molar-refractivity contribution in [2.75, 3.05) is 5.32 Å². The van der Waals surface area contributed by atoms with E-state index in [2.05, 4.69) is 17.2 Å². The molecule has 0 radical (unpaired) electrons. The summed E-state index contributed by atoms with van der Waals surface area (Å²) < 4.78 is 0. The van der Waals surface area contributed by atoms with Crippen LogP contribution in [0.1, 0.15) is 51.9 Å². The van der Waals surface area contributed by atoms with E-state index < -0.39 is 0 Å². The van der Waals surface area contributed by atoms with Crippen molar-refractivity contribution < 1.29 is 4.79 Å². The molecule has 1 saturated carbocycles. The minimum Gasteiger partial charge on any atom is -0.324 e. The highest BCUT2D eigenvalue weighted by atomic mass is 16.1. The third kappa shape index (κ3) is 4.10. The lowest BCUT2D eigenvalue weighted by Gasteiger charge is -2.27. The summed E-state index contributed by atoms with van der Waals surface area (Å²) in [6.45, 7) is 2.25. The lowest BCUT2D eigenvalue weighted by molar-refractivity contribution is -0.121. The summed E-state index contributed by atoms with van der Waals surface area (Å²) in [5.74, 6) is 1.16. The minimum atomic E-state index is 0.163. The SMILES string of the molecule is CCCCC1CCC(C(=O)Nc2cnc3ccccc3c2)CC1. The van der Waals surface area contributed by atoms with Gasteiger partial charge in [-0.25, -0.2) is 0 Å². The number of carbonyl (C=O) groups is 1. The smallest absolute Gasteiger partial charge is 0.227 e. The van der Waals surface area contributed by atoms with Gasteiger partial charge in [0.2, 0.25) is 5.91 Å². The van der Waals surface area contributed by atoms with Gasteiger partial charge in [0.15, 0.2) is 0 Å². The third-order valence-corrected chi connectivity index (χ3v) is 5.04. The van der Waals surface area contributed by atoms with E-state index in [1.807, 2.05) is 30.3 Å². The Labute approximate surface area is 138 Å². The van der Waals surface area contributed by atoms with Crippen LogP contribution in [0.3, 0.4) is 0 Å². The molecular weight excluding hydrogens is 284 g/mol. The number of para-hydroxylation sites is 1. The zero-order valence-corrected chi connectivity index (χ0v) is 13.9. The van der Waals surface area contributed by atoms with Crippen molar-refractivity contribution in [3.63, 3.8) is 0 Å². The quantitative estimate of drug-likeness (QED) is 0.827. The maximum absolute atomic E-state index is 12.5. The lowest BCUT2D eigenvalue weighted by atomic mass is 9.79. The number of nitrogens with zero attached hydrogens (tertiary/aromatic N) is 1. The molecule has 3 nitrogen and oxygen atoms in total. The van der Waals surface area contributed by atoms with E-state index >= 15 is 0 Å². The number of hydrogen-bond acceptors (Lipinski definition) is 2. The highest BCUT2D eigenvalue weighted by Gasteiger charge is 2.26. The number of nitrogens with one attached hydrogen (secondary N) is 1. The van der Waals surface area contributed by atoms with Crippen LogP contribution in [-0.4, -0.2) is 10.9 Å². The van der Waals surface area contributed by atoms with Crippen molar-refractivity contribution in [3.05, 3.63) is 36.5 Å². The molecule has 23 heavy (non-hydrogen) atoms. The van der Waals surface area contributed by atoms with Crippen LogP contribution < -0.4 is 5.32 Å². The maximum Gasteiger partial charge on any atom is 0.227 e. The predicted molar refractivity (Wildman–Crippen MR) is 95.3 cm³/mol. The monoisotopic (exact) mass is 310 g/mol. The average Bonchev–Trinajstić information content (AvgIpc) is 2.60.